The molecule has 0 aromatic heterocycles. The van der Waals surface area contributed by atoms with Crippen LogP contribution in [-0.2, 0) is 0 Å². The van der Waals surface area contributed by atoms with Crippen LogP contribution >= 0.6 is 0 Å². The van der Waals surface area contributed by atoms with Gasteiger partial charge in [0.2, 0.25) is 0 Å². The average molecular weight is 393 g/mol. The minimum absolute atomic E-state index is 0.916. The highest BCUT2D eigenvalue weighted by Gasteiger charge is 2.01. The zero-order chi connectivity index (χ0) is 20.8. The third kappa shape index (κ3) is 5.11. The molecular formula is C26H24N4. The van der Waals surface area contributed by atoms with Crippen LogP contribution in [0.3, 0.4) is 0 Å². The second-order valence-electron chi connectivity index (χ2n) is 7.09. The summed E-state index contributed by atoms with van der Waals surface area (Å²) in [5, 5.41) is 15.6. The Balaban J connectivity index is 1.35. The molecule has 0 saturated carbocycles. The second kappa shape index (κ2) is 9.05. The van der Waals surface area contributed by atoms with Crippen molar-refractivity contribution >= 4 is 39.8 Å². The SMILES string of the molecule is C[N]c1ccc([N]c2ccc(Nc3ccc(Nc4ccc(C)cc4)cc3)cc2)cc1. The zero-order valence-electron chi connectivity index (χ0n) is 17.1. The normalized spacial score (nSPS) is 10.3. The quantitative estimate of drug-likeness (QED) is 0.359. The van der Waals surface area contributed by atoms with E-state index in [2.05, 4.69) is 76.7 Å². The highest BCUT2D eigenvalue weighted by atomic mass is 14.9. The molecule has 2 N–H and O–H groups in total. The van der Waals surface area contributed by atoms with Gasteiger partial charge in [0.1, 0.15) is 0 Å². The number of nitrogens with one attached hydrogen (secondary N) is 2. The van der Waals surface area contributed by atoms with E-state index in [9.17, 15) is 0 Å². The Bertz CT molecular complexity index is 1070. The molecule has 4 heteroatoms. The fourth-order valence-corrected chi connectivity index (χ4v) is 3.05. The topological polar surface area (TPSA) is 52.3 Å². The first kappa shape index (κ1) is 19.4. The molecule has 0 aliphatic rings. The van der Waals surface area contributed by atoms with Crippen LogP contribution in [0.4, 0.5) is 39.8 Å². The first-order valence-electron chi connectivity index (χ1n) is 9.90. The fraction of sp³-hybridized carbons (Fsp3) is 0.0769. The van der Waals surface area contributed by atoms with E-state index in [1.54, 1.807) is 7.05 Å². The largest absolute Gasteiger partial charge is 0.356 e. The Labute approximate surface area is 178 Å². The van der Waals surface area contributed by atoms with Crippen LogP contribution in [0.15, 0.2) is 97.1 Å². The summed E-state index contributed by atoms with van der Waals surface area (Å²) in [7, 11) is 1.78. The van der Waals surface area contributed by atoms with Gasteiger partial charge in [-0.1, -0.05) is 17.7 Å². The molecule has 0 aliphatic carbocycles. The highest BCUT2D eigenvalue weighted by Crippen LogP contribution is 2.24. The number of benzene rings is 4. The number of nitrogens with zero attached hydrogens (tertiary/aromatic N) is 2. The van der Waals surface area contributed by atoms with Crippen molar-refractivity contribution in [1.29, 1.82) is 0 Å². The smallest absolute Gasteiger partial charge is 0.0638 e. The van der Waals surface area contributed by atoms with E-state index in [0.29, 0.717) is 0 Å². The van der Waals surface area contributed by atoms with Crippen LogP contribution in [0.5, 0.6) is 0 Å². The maximum atomic E-state index is 4.64. The van der Waals surface area contributed by atoms with E-state index in [4.69, 9.17) is 0 Å². The molecule has 0 bridgehead atoms. The van der Waals surface area contributed by atoms with E-state index in [1.165, 1.54) is 5.56 Å². The second-order valence-corrected chi connectivity index (χ2v) is 7.09. The van der Waals surface area contributed by atoms with Crippen LogP contribution in [0.25, 0.3) is 0 Å². The predicted octanol–water partition coefficient (Wildman–Crippen LogP) is 6.92. The molecule has 0 spiro atoms. The molecule has 0 fully saturated rings. The molecule has 4 aromatic carbocycles. The molecule has 4 rings (SSSR count). The molecular weight excluding hydrogens is 368 g/mol. The molecule has 2 radical (unpaired) electrons. The van der Waals surface area contributed by atoms with E-state index >= 15 is 0 Å². The Hall–Kier alpha value is -3.92. The summed E-state index contributed by atoms with van der Waals surface area (Å²) in [5.74, 6) is 0. The van der Waals surface area contributed by atoms with Crippen LogP contribution in [-0.4, -0.2) is 7.05 Å². The van der Waals surface area contributed by atoms with Gasteiger partial charge in [0, 0.05) is 29.8 Å². The lowest BCUT2D eigenvalue weighted by atomic mass is 10.2. The number of aryl methyl sites for hydroxylation is 1. The summed E-state index contributed by atoms with van der Waals surface area (Å²) in [6.45, 7) is 2.09. The molecule has 0 atom stereocenters. The van der Waals surface area contributed by atoms with Crippen LogP contribution in [0.2, 0.25) is 0 Å². The first-order chi connectivity index (χ1) is 14.7. The van der Waals surface area contributed by atoms with Gasteiger partial charge in [-0.2, -0.15) is 0 Å². The Morgan fingerprint density at radius 1 is 0.467 bits per heavy atom. The first-order valence-corrected chi connectivity index (χ1v) is 9.90. The molecule has 0 aliphatic heterocycles. The van der Waals surface area contributed by atoms with E-state index in [1.807, 2.05) is 48.5 Å². The number of hydrogen-bond donors (Lipinski definition) is 2. The van der Waals surface area contributed by atoms with Crippen molar-refractivity contribution in [3.05, 3.63) is 103 Å². The van der Waals surface area contributed by atoms with Gasteiger partial charge in [-0.25, -0.2) is 5.32 Å². The fourth-order valence-electron chi connectivity index (χ4n) is 3.05. The molecule has 0 saturated heterocycles. The lowest BCUT2D eigenvalue weighted by Gasteiger charge is -2.10. The third-order valence-corrected chi connectivity index (χ3v) is 4.75. The van der Waals surface area contributed by atoms with Crippen LogP contribution in [0, 0.1) is 6.92 Å². The summed E-state index contributed by atoms with van der Waals surface area (Å²) in [6, 6.07) is 32.6. The van der Waals surface area contributed by atoms with Crippen molar-refractivity contribution in [3.8, 4) is 0 Å². The molecule has 30 heavy (non-hydrogen) atoms. The van der Waals surface area contributed by atoms with Gasteiger partial charge in [0.25, 0.3) is 0 Å². The molecule has 0 unspecified atom stereocenters. The predicted molar refractivity (Wildman–Crippen MR) is 126 cm³/mol. The van der Waals surface area contributed by atoms with Gasteiger partial charge in [0.05, 0.1) is 17.1 Å². The highest BCUT2D eigenvalue weighted by molar-refractivity contribution is 5.67. The summed E-state index contributed by atoms with van der Waals surface area (Å²) in [5.41, 5.74) is 8.23. The Morgan fingerprint density at radius 3 is 1.23 bits per heavy atom. The standard InChI is InChI=1S/C26H24N4/c1-19-3-5-21(6-4-19)28-23-11-13-25(14-12-23)30-26-17-15-24(16-18-26)29-22-9-7-20(27-2)8-10-22/h3-18,28,30H,1-2H3. The van der Waals surface area contributed by atoms with Gasteiger partial charge < -0.3 is 10.6 Å². The van der Waals surface area contributed by atoms with Gasteiger partial charge in [-0.3, -0.25) is 5.32 Å². The van der Waals surface area contributed by atoms with Crippen LogP contribution in [0.1, 0.15) is 5.56 Å². The van der Waals surface area contributed by atoms with Crippen LogP contribution < -0.4 is 21.3 Å². The lowest BCUT2D eigenvalue weighted by Crippen LogP contribution is -1.94. The van der Waals surface area contributed by atoms with E-state index in [0.717, 1.165) is 39.8 Å². The number of anilines is 4. The van der Waals surface area contributed by atoms with Crippen molar-refractivity contribution in [3.63, 3.8) is 0 Å². The number of rotatable bonds is 7. The maximum absolute atomic E-state index is 4.64. The van der Waals surface area contributed by atoms with Gasteiger partial charge in [-0.15, -0.1) is 0 Å². The molecule has 4 aromatic rings. The van der Waals surface area contributed by atoms with Crippen molar-refractivity contribution < 1.29 is 0 Å². The van der Waals surface area contributed by atoms with Gasteiger partial charge >= 0.3 is 0 Å². The third-order valence-electron chi connectivity index (χ3n) is 4.75. The van der Waals surface area contributed by atoms with E-state index in [-0.39, 0.29) is 0 Å². The van der Waals surface area contributed by atoms with Gasteiger partial charge in [-0.05, 0) is 91.9 Å². The molecule has 4 nitrogen and oxygen atoms in total. The lowest BCUT2D eigenvalue weighted by molar-refractivity contribution is 1.08. The summed E-state index contributed by atoms with van der Waals surface area (Å²) >= 11 is 0. The Kier molecular flexibility index (Phi) is 5.85. The minimum atomic E-state index is 0.916. The maximum Gasteiger partial charge on any atom is 0.0638 e. The Morgan fingerprint density at radius 2 is 0.800 bits per heavy atom. The van der Waals surface area contributed by atoms with E-state index < -0.39 is 0 Å². The molecule has 0 amide bonds. The zero-order valence-corrected chi connectivity index (χ0v) is 17.1. The summed E-state index contributed by atoms with van der Waals surface area (Å²) in [4.78, 5) is 0. The van der Waals surface area contributed by atoms with Crippen molar-refractivity contribution in [2.24, 2.45) is 0 Å². The minimum Gasteiger partial charge on any atom is -0.356 e. The summed E-state index contributed by atoms with van der Waals surface area (Å²) < 4.78 is 0. The number of hydrogen-bond acceptors (Lipinski definition) is 2. The average Bonchev–Trinajstić information content (AvgIpc) is 2.78. The summed E-state index contributed by atoms with van der Waals surface area (Å²) in [6.07, 6.45) is 0. The molecule has 148 valence electrons. The monoisotopic (exact) mass is 392 g/mol. The van der Waals surface area contributed by atoms with Crippen molar-refractivity contribution in [2.45, 2.75) is 6.92 Å². The van der Waals surface area contributed by atoms with Gasteiger partial charge in [0.15, 0.2) is 0 Å². The van der Waals surface area contributed by atoms with Crippen molar-refractivity contribution in [1.82, 2.24) is 10.6 Å². The molecule has 0 heterocycles. The van der Waals surface area contributed by atoms with Crippen molar-refractivity contribution in [2.75, 3.05) is 17.7 Å².